The molecule has 0 unspecified atom stereocenters. The Balaban J connectivity index is 2.30. The molecular weight excluding hydrogens is 360 g/mol. The van der Waals surface area contributed by atoms with Gasteiger partial charge >= 0.3 is 0 Å². The highest BCUT2D eigenvalue weighted by Gasteiger charge is 2.32. The van der Waals surface area contributed by atoms with Crippen LogP contribution in [0.1, 0.15) is 43.9 Å². The summed E-state index contributed by atoms with van der Waals surface area (Å²) in [6, 6.07) is 15.8. The molecule has 0 spiro atoms. The van der Waals surface area contributed by atoms with Gasteiger partial charge in [-0.05, 0) is 37.5 Å². The van der Waals surface area contributed by atoms with Gasteiger partial charge in [0.05, 0.1) is 18.0 Å². The summed E-state index contributed by atoms with van der Waals surface area (Å²) >= 11 is 0. The van der Waals surface area contributed by atoms with E-state index >= 15 is 0 Å². The van der Waals surface area contributed by atoms with Crippen LogP contribution in [0.25, 0.3) is 0 Å². The van der Waals surface area contributed by atoms with Crippen LogP contribution in [0.5, 0.6) is 0 Å². The number of hydrogen-bond acceptors (Lipinski definition) is 3. The fourth-order valence-corrected chi connectivity index (χ4v) is 4.33. The number of hydrogen-bond donors (Lipinski definition) is 1. The molecule has 2 rings (SSSR count). The van der Waals surface area contributed by atoms with Crippen LogP contribution in [0.3, 0.4) is 0 Å². The number of benzene rings is 2. The van der Waals surface area contributed by atoms with Crippen LogP contribution in [0.2, 0.25) is 0 Å². The number of carbonyl (C=O) groups excluding carboxylic acids is 1. The molecule has 0 aromatic heterocycles. The average molecular weight is 389 g/mol. The molecule has 0 heterocycles. The molecule has 2 aromatic rings. The Morgan fingerprint density at radius 1 is 1.00 bits per heavy atom. The van der Waals surface area contributed by atoms with E-state index < -0.39 is 16.1 Å². The molecule has 0 saturated carbocycles. The third kappa shape index (κ3) is 5.32. The van der Waals surface area contributed by atoms with E-state index in [0.29, 0.717) is 12.1 Å². The Bertz CT molecular complexity index is 849. The lowest BCUT2D eigenvalue weighted by Gasteiger charge is -2.31. The molecule has 0 saturated heterocycles. The van der Waals surface area contributed by atoms with Crippen LogP contribution in [0.15, 0.2) is 54.6 Å². The van der Waals surface area contributed by atoms with Crippen LogP contribution in [0.4, 0.5) is 5.69 Å². The minimum Gasteiger partial charge on any atom is -0.347 e. The minimum absolute atomic E-state index is 0.163. The molecule has 1 amide bonds. The third-order valence-electron chi connectivity index (χ3n) is 4.54. The van der Waals surface area contributed by atoms with Gasteiger partial charge in [0.1, 0.15) is 6.04 Å². The van der Waals surface area contributed by atoms with Crippen molar-refractivity contribution in [2.45, 2.75) is 45.7 Å². The lowest BCUT2D eigenvalue weighted by Crippen LogP contribution is -2.50. The lowest BCUT2D eigenvalue weighted by molar-refractivity contribution is -0.123. The van der Waals surface area contributed by atoms with E-state index in [-0.39, 0.29) is 11.9 Å². The second-order valence-corrected chi connectivity index (χ2v) is 8.56. The number of amides is 1. The summed E-state index contributed by atoms with van der Waals surface area (Å²) < 4.78 is 26.1. The summed E-state index contributed by atoms with van der Waals surface area (Å²) in [6.07, 6.45) is 2.22. The predicted molar refractivity (Wildman–Crippen MR) is 110 cm³/mol. The number of aryl methyl sites for hydroxylation is 1. The van der Waals surface area contributed by atoms with Crippen molar-refractivity contribution in [1.29, 1.82) is 0 Å². The molecule has 0 bridgehead atoms. The monoisotopic (exact) mass is 388 g/mol. The first kappa shape index (κ1) is 21.0. The van der Waals surface area contributed by atoms with E-state index in [1.54, 1.807) is 24.3 Å². The molecule has 0 aliphatic heterocycles. The predicted octanol–water partition coefficient (Wildman–Crippen LogP) is 3.81. The number of rotatable bonds is 8. The maximum atomic E-state index is 13.0. The zero-order valence-corrected chi connectivity index (χ0v) is 17.2. The maximum absolute atomic E-state index is 13.0. The van der Waals surface area contributed by atoms with Gasteiger partial charge in [0, 0.05) is 0 Å². The molecular formula is C21H28N2O3S. The second kappa shape index (κ2) is 9.04. The van der Waals surface area contributed by atoms with Crippen molar-refractivity contribution in [3.05, 3.63) is 65.7 Å². The van der Waals surface area contributed by atoms with E-state index in [1.165, 1.54) is 4.31 Å². The summed E-state index contributed by atoms with van der Waals surface area (Å²) in [5.74, 6) is -0.292. The summed E-state index contributed by atoms with van der Waals surface area (Å²) in [5.41, 5.74) is 2.65. The highest BCUT2D eigenvalue weighted by molar-refractivity contribution is 7.92. The fourth-order valence-electron chi connectivity index (χ4n) is 3.12. The molecule has 5 nitrogen and oxygen atoms in total. The topological polar surface area (TPSA) is 66.5 Å². The van der Waals surface area contributed by atoms with Gasteiger partial charge in [-0.25, -0.2) is 8.42 Å². The molecule has 0 radical (unpaired) electrons. The Morgan fingerprint density at radius 2 is 1.59 bits per heavy atom. The van der Waals surface area contributed by atoms with Gasteiger partial charge < -0.3 is 5.32 Å². The number of nitrogens with zero attached hydrogens (tertiary/aromatic N) is 1. The molecule has 27 heavy (non-hydrogen) atoms. The van der Waals surface area contributed by atoms with Gasteiger partial charge in [-0.3, -0.25) is 9.10 Å². The number of para-hydroxylation sites is 1. The van der Waals surface area contributed by atoms with E-state index in [2.05, 4.69) is 5.32 Å². The molecule has 6 heteroatoms. The Kier molecular flexibility index (Phi) is 7.02. The Hall–Kier alpha value is -2.34. The summed E-state index contributed by atoms with van der Waals surface area (Å²) in [6.45, 7) is 5.83. The van der Waals surface area contributed by atoms with Crippen LogP contribution in [-0.2, 0) is 14.8 Å². The first-order chi connectivity index (χ1) is 12.8. The second-order valence-electron chi connectivity index (χ2n) is 6.70. The molecule has 2 aromatic carbocycles. The maximum Gasteiger partial charge on any atom is 0.244 e. The van der Waals surface area contributed by atoms with Crippen molar-refractivity contribution in [3.63, 3.8) is 0 Å². The Labute approximate surface area is 162 Å². The van der Waals surface area contributed by atoms with Crippen molar-refractivity contribution in [2.75, 3.05) is 10.6 Å². The molecule has 146 valence electrons. The lowest BCUT2D eigenvalue weighted by atomic mass is 10.0. The van der Waals surface area contributed by atoms with Crippen molar-refractivity contribution < 1.29 is 13.2 Å². The van der Waals surface area contributed by atoms with Crippen LogP contribution in [0, 0.1) is 6.92 Å². The smallest absolute Gasteiger partial charge is 0.244 e. The van der Waals surface area contributed by atoms with Gasteiger partial charge in [0.25, 0.3) is 0 Å². The molecule has 0 aliphatic rings. The Morgan fingerprint density at radius 3 is 2.07 bits per heavy atom. The number of nitrogens with one attached hydrogen (secondary N) is 1. The SMILES string of the molecule is CC[C@H](C(=O)N[C@H](CC)c1ccc(C)cc1)N(c1ccccc1)S(C)(=O)=O. The standard InChI is InChI=1S/C21H28N2O3S/c1-5-19(17-14-12-16(3)13-15-17)22-21(24)20(6-2)23(27(4,25)26)18-10-8-7-9-11-18/h7-15,19-20H,5-6H2,1-4H3,(H,22,24)/t19-,20-/m1/s1. The molecule has 1 N–H and O–H groups in total. The van der Waals surface area contributed by atoms with Gasteiger partial charge in [0.15, 0.2) is 0 Å². The van der Waals surface area contributed by atoms with Crippen LogP contribution in [-0.4, -0.2) is 26.6 Å². The van der Waals surface area contributed by atoms with E-state index in [0.717, 1.165) is 23.8 Å². The highest BCUT2D eigenvalue weighted by Crippen LogP contribution is 2.23. The third-order valence-corrected chi connectivity index (χ3v) is 5.72. The zero-order chi connectivity index (χ0) is 20.0. The van der Waals surface area contributed by atoms with Gasteiger partial charge in [-0.15, -0.1) is 0 Å². The molecule has 2 atom stereocenters. The average Bonchev–Trinajstić information content (AvgIpc) is 2.64. The van der Waals surface area contributed by atoms with Crippen molar-refractivity contribution in [1.82, 2.24) is 5.32 Å². The summed E-state index contributed by atoms with van der Waals surface area (Å²) in [4.78, 5) is 13.0. The number of anilines is 1. The van der Waals surface area contributed by atoms with Gasteiger partial charge in [0.2, 0.25) is 15.9 Å². The zero-order valence-electron chi connectivity index (χ0n) is 16.3. The van der Waals surface area contributed by atoms with Crippen molar-refractivity contribution in [2.24, 2.45) is 0 Å². The van der Waals surface area contributed by atoms with Crippen LogP contribution < -0.4 is 9.62 Å². The summed E-state index contributed by atoms with van der Waals surface area (Å²) in [5, 5.41) is 3.03. The molecule has 0 fully saturated rings. The quantitative estimate of drug-likeness (QED) is 0.748. The summed E-state index contributed by atoms with van der Waals surface area (Å²) in [7, 11) is -3.61. The first-order valence-corrected chi connectivity index (χ1v) is 11.0. The highest BCUT2D eigenvalue weighted by atomic mass is 32.2. The largest absolute Gasteiger partial charge is 0.347 e. The van der Waals surface area contributed by atoms with Gasteiger partial charge in [-0.1, -0.05) is 61.9 Å². The fraction of sp³-hybridized carbons (Fsp3) is 0.381. The number of sulfonamides is 1. The van der Waals surface area contributed by atoms with Crippen molar-refractivity contribution in [3.8, 4) is 0 Å². The van der Waals surface area contributed by atoms with E-state index in [1.807, 2.05) is 51.1 Å². The van der Waals surface area contributed by atoms with Gasteiger partial charge in [-0.2, -0.15) is 0 Å². The van der Waals surface area contributed by atoms with E-state index in [4.69, 9.17) is 0 Å². The normalized spacial score (nSPS) is 13.6. The minimum atomic E-state index is -3.61. The first-order valence-electron chi connectivity index (χ1n) is 9.19. The molecule has 0 aliphatic carbocycles. The van der Waals surface area contributed by atoms with Crippen molar-refractivity contribution >= 4 is 21.6 Å². The number of carbonyl (C=O) groups is 1. The van der Waals surface area contributed by atoms with E-state index in [9.17, 15) is 13.2 Å². The van der Waals surface area contributed by atoms with Crippen LogP contribution >= 0.6 is 0 Å².